The molecule has 0 saturated carbocycles. The molecule has 0 amide bonds. The Labute approximate surface area is 128 Å². The fraction of sp³-hybridized carbons (Fsp3) is 0.368. The molecule has 21 heavy (non-hydrogen) atoms. The smallest absolute Gasteiger partial charge is 0.0440 e. The van der Waals surface area contributed by atoms with Crippen LogP contribution in [0, 0.1) is 13.8 Å². The number of nitrogens with zero attached hydrogens (tertiary/aromatic N) is 1. The van der Waals surface area contributed by atoms with Crippen LogP contribution in [0.15, 0.2) is 42.5 Å². The molecule has 112 valence electrons. The standard InChI is InChI=1S/C19H26N2/c1-5-20-14-17-10-11-19(16(4)13-17)21(6-2)18-9-7-8-15(3)12-18/h7-13,20H,5-6,14H2,1-4H3. The number of nitrogens with one attached hydrogen (secondary N) is 1. The van der Waals surface area contributed by atoms with Crippen LogP contribution in [0.5, 0.6) is 0 Å². The summed E-state index contributed by atoms with van der Waals surface area (Å²) in [5.74, 6) is 0. The van der Waals surface area contributed by atoms with Gasteiger partial charge in [0.2, 0.25) is 0 Å². The Morgan fingerprint density at radius 1 is 1.00 bits per heavy atom. The summed E-state index contributed by atoms with van der Waals surface area (Å²) >= 11 is 0. The fourth-order valence-electron chi connectivity index (χ4n) is 2.69. The highest BCUT2D eigenvalue weighted by molar-refractivity contribution is 5.67. The van der Waals surface area contributed by atoms with Gasteiger partial charge < -0.3 is 10.2 Å². The Kier molecular flexibility index (Phi) is 5.40. The maximum Gasteiger partial charge on any atom is 0.0440 e. The van der Waals surface area contributed by atoms with Crippen LogP contribution in [0.25, 0.3) is 0 Å². The van der Waals surface area contributed by atoms with Crippen molar-refractivity contribution in [2.45, 2.75) is 34.2 Å². The summed E-state index contributed by atoms with van der Waals surface area (Å²) in [6.07, 6.45) is 0. The fourth-order valence-corrected chi connectivity index (χ4v) is 2.69. The van der Waals surface area contributed by atoms with E-state index in [0.29, 0.717) is 0 Å². The molecule has 2 aromatic rings. The molecule has 0 spiro atoms. The van der Waals surface area contributed by atoms with E-state index in [0.717, 1.165) is 19.6 Å². The average molecular weight is 282 g/mol. The van der Waals surface area contributed by atoms with E-state index >= 15 is 0 Å². The minimum atomic E-state index is 0.939. The molecule has 0 aliphatic heterocycles. The Bertz CT molecular complexity index is 590. The molecule has 0 fully saturated rings. The van der Waals surface area contributed by atoms with Gasteiger partial charge in [-0.1, -0.05) is 31.2 Å². The van der Waals surface area contributed by atoms with Crippen molar-refractivity contribution in [3.8, 4) is 0 Å². The Morgan fingerprint density at radius 2 is 1.81 bits per heavy atom. The van der Waals surface area contributed by atoms with E-state index in [1.165, 1.54) is 28.1 Å². The molecule has 0 heterocycles. The van der Waals surface area contributed by atoms with E-state index in [1.54, 1.807) is 0 Å². The second-order valence-electron chi connectivity index (χ2n) is 5.48. The van der Waals surface area contributed by atoms with Gasteiger partial charge in [0, 0.05) is 24.5 Å². The van der Waals surface area contributed by atoms with Crippen molar-refractivity contribution in [3.05, 3.63) is 59.2 Å². The molecule has 0 aromatic heterocycles. The average Bonchev–Trinajstić information content (AvgIpc) is 2.48. The number of aryl methyl sites for hydroxylation is 2. The first-order chi connectivity index (χ1) is 10.2. The predicted molar refractivity (Wildman–Crippen MR) is 92.4 cm³/mol. The molecule has 0 bridgehead atoms. The molecule has 2 heteroatoms. The van der Waals surface area contributed by atoms with Crippen LogP contribution >= 0.6 is 0 Å². The van der Waals surface area contributed by atoms with Gasteiger partial charge in [0.25, 0.3) is 0 Å². The minimum Gasteiger partial charge on any atom is -0.342 e. The SMILES string of the molecule is CCNCc1ccc(N(CC)c2cccc(C)c2)c(C)c1. The minimum absolute atomic E-state index is 0.939. The van der Waals surface area contributed by atoms with Crippen LogP contribution in [0.3, 0.4) is 0 Å². The highest BCUT2D eigenvalue weighted by Gasteiger charge is 2.10. The second-order valence-corrected chi connectivity index (χ2v) is 5.48. The first-order valence-corrected chi connectivity index (χ1v) is 7.80. The molecule has 0 unspecified atom stereocenters. The van der Waals surface area contributed by atoms with E-state index in [2.05, 4.69) is 80.4 Å². The van der Waals surface area contributed by atoms with E-state index in [1.807, 2.05) is 0 Å². The first kappa shape index (κ1) is 15.6. The molecule has 0 aliphatic carbocycles. The lowest BCUT2D eigenvalue weighted by Crippen LogP contribution is -2.18. The summed E-state index contributed by atoms with van der Waals surface area (Å²) in [7, 11) is 0. The molecule has 0 saturated heterocycles. The molecule has 0 aliphatic rings. The quantitative estimate of drug-likeness (QED) is 0.835. The molecular weight excluding hydrogens is 256 g/mol. The van der Waals surface area contributed by atoms with Crippen molar-refractivity contribution in [1.82, 2.24) is 5.32 Å². The molecule has 0 atom stereocenters. The zero-order valence-corrected chi connectivity index (χ0v) is 13.6. The summed E-state index contributed by atoms with van der Waals surface area (Å²) in [6.45, 7) is 11.6. The van der Waals surface area contributed by atoms with Gasteiger partial charge in [-0.15, -0.1) is 0 Å². The highest BCUT2D eigenvalue weighted by Crippen LogP contribution is 2.29. The van der Waals surface area contributed by atoms with Crippen molar-refractivity contribution >= 4 is 11.4 Å². The summed E-state index contributed by atoms with van der Waals surface area (Å²) in [4.78, 5) is 2.37. The van der Waals surface area contributed by atoms with Gasteiger partial charge >= 0.3 is 0 Å². The van der Waals surface area contributed by atoms with Crippen molar-refractivity contribution in [3.63, 3.8) is 0 Å². The zero-order valence-electron chi connectivity index (χ0n) is 13.6. The lowest BCUT2D eigenvalue weighted by atomic mass is 10.1. The van der Waals surface area contributed by atoms with Gasteiger partial charge in [-0.05, 0) is 62.2 Å². The highest BCUT2D eigenvalue weighted by atomic mass is 15.1. The summed E-state index contributed by atoms with van der Waals surface area (Å²) in [5.41, 5.74) is 6.53. The van der Waals surface area contributed by atoms with Crippen LogP contribution in [0.2, 0.25) is 0 Å². The number of rotatable bonds is 6. The summed E-state index contributed by atoms with van der Waals surface area (Å²) < 4.78 is 0. The Morgan fingerprint density at radius 3 is 2.43 bits per heavy atom. The van der Waals surface area contributed by atoms with Gasteiger partial charge in [0.1, 0.15) is 0 Å². The van der Waals surface area contributed by atoms with Crippen molar-refractivity contribution in [1.29, 1.82) is 0 Å². The molecule has 2 rings (SSSR count). The van der Waals surface area contributed by atoms with Gasteiger partial charge in [0.05, 0.1) is 0 Å². The van der Waals surface area contributed by atoms with Crippen molar-refractivity contribution in [2.75, 3.05) is 18.0 Å². The van der Waals surface area contributed by atoms with E-state index in [4.69, 9.17) is 0 Å². The summed E-state index contributed by atoms with van der Waals surface area (Å²) in [5, 5.41) is 3.38. The molecule has 2 nitrogen and oxygen atoms in total. The van der Waals surface area contributed by atoms with Gasteiger partial charge in [-0.2, -0.15) is 0 Å². The topological polar surface area (TPSA) is 15.3 Å². The number of hydrogen-bond donors (Lipinski definition) is 1. The third-order valence-electron chi connectivity index (χ3n) is 3.76. The normalized spacial score (nSPS) is 10.7. The van der Waals surface area contributed by atoms with Gasteiger partial charge in [-0.3, -0.25) is 0 Å². The largest absolute Gasteiger partial charge is 0.342 e. The molecule has 0 radical (unpaired) electrons. The maximum atomic E-state index is 3.38. The number of benzene rings is 2. The lowest BCUT2D eigenvalue weighted by molar-refractivity contribution is 0.726. The molecule has 1 N–H and O–H groups in total. The van der Waals surface area contributed by atoms with Crippen LogP contribution in [0.4, 0.5) is 11.4 Å². The third-order valence-corrected chi connectivity index (χ3v) is 3.76. The Hall–Kier alpha value is -1.80. The molecule has 2 aromatic carbocycles. The monoisotopic (exact) mass is 282 g/mol. The van der Waals surface area contributed by atoms with Crippen LogP contribution in [0.1, 0.15) is 30.5 Å². The molecular formula is C19H26N2. The zero-order chi connectivity index (χ0) is 15.2. The Balaban J connectivity index is 2.30. The predicted octanol–water partition coefficient (Wildman–Crippen LogP) is 4.57. The number of hydrogen-bond acceptors (Lipinski definition) is 2. The lowest BCUT2D eigenvalue weighted by Gasteiger charge is -2.26. The van der Waals surface area contributed by atoms with Gasteiger partial charge in [0.15, 0.2) is 0 Å². The summed E-state index contributed by atoms with van der Waals surface area (Å²) in [6, 6.07) is 15.5. The maximum absolute atomic E-state index is 3.38. The van der Waals surface area contributed by atoms with Crippen molar-refractivity contribution < 1.29 is 0 Å². The van der Waals surface area contributed by atoms with Crippen LogP contribution in [-0.2, 0) is 6.54 Å². The van der Waals surface area contributed by atoms with Gasteiger partial charge in [-0.25, -0.2) is 0 Å². The van der Waals surface area contributed by atoms with Crippen molar-refractivity contribution in [2.24, 2.45) is 0 Å². The van der Waals surface area contributed by atoms with E-state index in [-0.39, 0.29) is 0 Å². The van der Waals surface area contributed by atoms with E-state index in [9.17, 15) is 0 Å². The van der Waals surface area contributed by atoms with Crippen LogP contribution < -0.4 is 10.2 Å². The first-order valence-electron chi connectivity index (χ1n) is 7.80. The van der Waals surface area contributed by atoms with E-state index < -0.39 is 0 Å². The van der Waals surface area contributed by atoms with Crippen LogP contribution in [-0.4, -0.2) is 13.1 Å². The second kappa shape index (κ2) is 7.28. The third kappa shape index (κ3) is 3.85. The number of anilines is 2.